The van der Waals surface area contributed by atoms with Gasteiger partial charge in [-0.3, -0.25) is 9.59 Å². The summed E-state index contributed by atoms with van der Waals surface area (Å²) in [5.41, 5.74) is 0. The lowest BCUT2D eigenvalue weighted by Crippen LogP contribution is -2.32. The van der Waals surface area contributed by atoms with E-state index >= 15 is 0 Å². The molecule has 0 aromatic rings. The van der Waals surface area contributed by atoms with Crippen LogP contribution < -0.4 is 5.32 Å². The first-order valence-electron chi connectivity index (χ1n) is 8.11. The molecule has 0 saturated heterocycles. The molecule has 0 aliphatic heterocycles. The zero-order chi connectivity index (χ0) is 15.1. The van der Waals surface area contributed by atoms with Crippen molar-refractivity contribution in [3.05, 3.63) is 0 Å². The van der Waals surface area contributed by atoms with Crippen molar-refractivity contribution in [2.75, 3.05) is 6.54 Å². The highest BCUT2D eigenvalue weighted by Crippen LogP contribution is 2.23. The van der Waals surface area contributed by atoms with Crippen LogP contribution in [0.4, 0.5) is 0 Å². The summed E-state index contributed by atoms with van der Waals surface area (Å²) >= 11 is 0. The van der Waals surface area contributed by atoms with Gasteiger partial charge in [-0.1, -0.05) is 58.3 Å². The summed E-state index contributed by atoms with van der Waals surface area (Å²) in [4.78, 5) is 20.2. The van der Waals surface area contributed by atoms with Crippen LogP contribution in [0.3, 0.4) is 0 Å². The predicted octanol–water partition coefficient (Wildman–Crippen LogP) is 3.74. The van der Waals surface area contributed by atoms with Crippen LogP contribution in [0.1, 0.15) is 77.6 Å². The molecule has 0 radical (unpaired) electrons. The van der Waals surface area contributed by atoms with E-state index in [4.69, 9.17) is 9.90 Å². The van der Waals surface area contributed by atoms with Crippen molar-refractivity contribution in [3.63, 3.8) is 0 Å². The van der Waals surface area contributed by atoms with Crippen molar-refractivity contribution in [2.24, 2.45) is 5.92 Å². The standard InChI is InChI=1S/C15H29NO.CH2O2/c1-2-3-4-5-6-10-13-16-15(17)14-11-8-7-9-12-14;2-1-3/h14H,2-13H2,1H3,(H,16,17);1H,(H,2,3). The first-order chi connectivity index (χ1) is 9.76. The first kappa shape index (κ1) is 18.9. The van der Waals surface area contributed by atoms with Gasteiger partial charge in [0.2, 0.25) is 5.91 Å². The monoisotopic (exact) mass is 285 g/mol. The van der Waals surface area contributed by atoms with Crippen LogP contribution >= 0.6 is 0 Å². The quantitative estimate of drug-likeness (QED) is 0.527. The SMILES string of the molecule is CCCCCCCCNC(=O)C1CCCCC1.O=CO. The number of hydrogen-bond acceptors (Lipinski definition) is 2. The summed E-state index contributed by atoms with van der Waals surface area (Å²) in [6.07, 6.45) is 13.8. The number of unbranched alkanes of at least 4 members (excludes halogenated alkanes) is 5. The summed E-state index contributed by atoms with van der Waals surface area (Å²) in [6.45, 7) is 2.88. The Hall–Kier alpha value is -1.06. The summed E-state index contributed by atoms with van der Waals surface area (Å²) < 4.78 is 0. The van der Waals surface area contributed by atoms with Gasteiger partial charge in [-0.15, -0.1) is 0 Å². The molecule has 1 fully saturated rings. The van der Waals surface area contributed by atoms with Gasteiger partial charge >= 0.3 is 0 Å². The van der Waals surface area contributed by atoms with Crippen LogP contribution in [-0.2, 0) is 9.59 Å². The third-order valence-corrected chi connectivity index (χ3v) is 3.81. The highest BCUT2D eigenvalue weighted by Gasteiger charge is 2.20. The Morgan fingerprint density at radius 1 is 1.10 bits per heavy atom. The molecule has 4 heteroatoms. The van der Waals surface area contributed by atoms with Gasteiger partial charge in [-0.2, -0.15) is 0 Å². The predicted molar refractivity (Wildman–Crippen MR) is 81.7 cm³/mol. The third-order valence-electron chi connectivity index (χ3n) is 3.81. The number of hydrogen-bond donors (Lipinski definition) is 2. The Morgan fingerprint density at radius 2 is 1.65 bits per heavy atom. The number of rotatable bonds is 8. The van der Waals surface area contributed by atoms with E-state index < -0.39 is 0 Å². The normalized spacial score (nSPS) is 15.1. The Balaban J connectivity index is 0.00000110. The minimum atomic E-state index is -0.250. The molecule has 1 aliphatic carbocycles. The largest absolute Gasteiger partial charge is 0.483 e. The minimum Gasteiger partial charge on any atom is -0.483 e. The van der Waals surface area contributed by atoms with Gasteiger partial charge in [0.15, 0.2) is 0 Å². The zero-order valence-corrected chi connectivity index (χ0v) is 12.9. The maximum Gasteiger partial charge on any atom is 0.290 e. The number of carbonyl (C=O) groups is 2. The van der Waals surface area contributed by atoms with Gasteiger partial charge in [0.1, 0.15) is 0 Å². The molecule has 0 bridgehead atoms. The molecule has 118 valence electrons. The molecular formula is C16H31NO3. The number of amides is 1. The molecular weight excluding hydrogens is 254 g/mol. The maximum atomic E-state index is 11.8. The molecule has 0 atom stereocenters. The molecule has 0 aromatic carbocycles. The second-order valence-electron chi connectivity index (χ2n) is 5.50. The average molecular weight is 285 g/mol. The summed E-state index contributed by atoms with van der Waals surface area (Å²) in [5, 5.41) is 9.99. The van der Waals surface area contributed by atoms with E-state index in [0.29, 0.717) is 11.8 Å². The third kappa shape index (κ3) is 10.8. The molecule has 2 N–H and O–H groups in total. The molecule has 1 amide bonds. The molecule has 1 saturated carbocycles. The fourth-order valence-corrected chi connectivity index (χ4v) is 2.63. The van der Waals surface area contributed by atoms with E-state index in [9.17, 15) is 4.79 Å². The fourth-order valence-electron chi connectivity index (χ4n) is 2.63. The van der Waals surface area contributed by atoms with Crippen LogP contribution in [0.5, 0.6) is 0 Å². The summed E-state index contributed by atoms with van der Waals surface area (Å²) in [5.74, 6) is 0.641. The van der Waals surface area contributed by atoms with Gasteiger partial charge in [-0.25, -0.2) is 0 Å². The Bertz CT molecular complexity index is 238. The van der Waals surface area contributed by atoms with E-state index in [2.05, 4.69) is 12.2 Å². The van der Waals surface area contributed by atoms with Gasteiger partial charge in [-0.05, 0) is 19.3 Å². The van der Waals surface area contributed by atoms with Crippen molar-refractivity contribution in [1.29, 1.82) is 0 Å². The van der Waals surface area contributed by atoms with Crippen LogP contribution in [0.15, 0.2) is 0 Å². The lowest BCUT2D eigenvalue weighted by Gasteiger charge is -2.20. The molecule has 1 rings (SSSR count). The Morgan fingerprint density at radius 3 is 2.25 bits per heavy atom. The van der Waals surface area contributed by atoms with Crippen molar-refractivity contribution < 1.29 is 14.7 Å². The topological polar surface area (TPSA) is 66.4 Å². The lowest BCUT2D eigenvalue weighted by atomic mass is 9.88. The van der Waals surface area contributed by atoms with Crippen LogP contribution in [0, 0.1) is 5.92 Å². The highest BCUT2D eigenvalue weighted by atomic mass is 16.3. The van der Waals surface area contributed by atoms with Gasteiger partial charge in [0.05, 0.1) is 0 Å². The molecule has 1 aliphatic rings. The number of carbonyl (C=O) groups excluding carboxylic acids is 1. The fraction of sp³-hybridized carbons (Fsp3) is 0.875. The van der Waals surface area contributed by atoms with Gasteiger partial charge in [0, 0.05) is 12.5 Å². The molecule has 0 unspecified atom stereocenters. The van der Waals surface area contributed by atoms with E-state index in [1.54, 1.807) is 0 Å². The zero-order valence-electron chi connectivity index (χ0n) is 12.9. The molecule has 20 heavy (non-hydrogen) atoms. The lowest BCUT2D eigenvalue weighted by molar-refractivity contribution is -0.126. The van der Waals surface area contributed by atoms with Crippen molar-refractivity contribution in [2.45, 2.75) is 77.6 Å². The minimum absolute atomic E-state index is 0.250. The van der Waals surface area contributed by atoms with E-state index in [0.717, 1.165) is 25.8 Å². The molecule has 0 spiro atoms. The van der Waals surface area contributed by atoms with Crippen molar-refractivity contribution in [1.82, 2.24) is 5.32 Å². The molecule has 0 aromatic heterocycles. The molecule has 4 nitrogen and oxygen atoms in total. The van der Waals surface area contributed by atoms with E-state index in [1.807, 2.05) is 0 Å². The summed E-state index contributed by atoms with van der Waals surface area (Å²) in [7, 11) is 0. The molecule has 0 heterocycles. The van der Waals surface area contributed by atoms with E-state index in [-0.39, 0.29) is 6.47 Å². The highest BCUT2D eigenvalue weighted by molar-refractivity contribution is 5.78. The number of nitrogens with one attached hydrogen (secondary N) is 1. The smallest absolute Gasteiger partial charge is 0.290 e. The van der Waals surface area contributed by atoms with Crippen molar-refractivity contribution in [3.8, 4) is 0 Å². The Labute approximate surface area is 123 Å². The van der Waals surface area contributed by atoms with Crippen molar-refractivity contribution >= 4 is 12.4 Å². The number of carboxylic acid groups (broad SMARTS) is 1. The Kier molecular flexibility index (Phi) is 13.6. The maximum absolute atomic E-state index is 11.8. The van der Waals surface area contributed by atoms with Crippen LogP contribution in [0.2, 0.25) is 0 Å². The first-order valence-corrected chi connectivity index (χ1v) is 8.11. The average Bonchev–Trinajstić information content (AvgIpc) is 2.48. The second kappa shape index (κ2) is 14.4. The summed E-state index contributed by atoms with van der Waals surface area (Å²) in [6, 6.07) is 0. The van der Waals surface area contributed by atoms with Gasteiger partial charge in [0.25, 0.3) is 6.47 Å². The van der Waals surface area contributed by atoms with Crippen LogP contribution in [-0.4, -0.2) is 24.0 Å². The van der Waals surface area contributed by atoms with Gasteiger partial charge < -0.3 is 10.4 Å². The van der Waals surface area contributed by atoms with Crippen LogP contribution in [0.25, 0.3) is 0 Å². The van der Waals surface area contributed by atoms with E-state index in [1.165, 1.54) is 51.4 Å². The second-order valence-corrected chi connectivity index (χ2v) is 5.50.